The van der Waals surface area contributed by atoms with Crippen molar-refractivity contribution in [3.05, 3.63) is 51.6 Å². The lowest BCUT2D eigenvalue weighted by Crippen LogP contribution is -2.02. The van der Waals surface area contributed by atoms with Crippen LogP contribution in [0.3, 0.4) is 0 Å². The third kappa shape index (κ3) is 3.16. The maximum atomic E-state index is 11.2. The maximum absolute atomic E-state index is 11.2. The van der Waals surface area contributed by atoms with Gasteiger partial charge in [-0.1, -0.05) is 23.2 Å². The molecular weight excluding hydrogens is 289 g/mol. The van der Waals surface area contributed by atoms with Gasteiger partial charge in [-0.2, -0.15) is 0 Å². The van der Waals surface area contributed by atoms with E-state index in [1.807, 2.05) is 0 Å². The van der Waals surface area contributed by atoms with Gasteiger partial charge in [-0.3, -0.25) is 0 Å². The molecule has 2 rings (SSSR count). The lowest BCUT2D eigenvalue weighted by Gasteiger charge is -2.11. The van der Waals surface area contributed by atoms with E-state index in [4.69, 9.17) is 33.0 Å². The lowest BCUT2D eigenvalue weighted by molar-refractivity contribution is 0.0694. The van der Waals surface area contributed by atoms with E-state index in [1.54, 1.807) is 25.1 Å². The summed E-state index contributed by atoms with van der Waals surface area (Å²) < 4.78 is 5.50. The third-order valence-corrected chi connectivity index (χ3v) is 2.82. The fourth-order valence-corrected chi connectivity index (χ4v) is 1.94. The number of benzene rings is 1. The molecule has 1 heterocycles. The van der Waals surface area contributed by atoms with Gasteiger partial charge < -0.3 is 9.84 Å². The number of aryl methyl sites for hydroxylation is 1. The Kier molecular flexibility index (Phi) is 3.93. The molecule has 0 spiro atoms. The summed E-state index contributed by atoms with van der Waals surface area (Å²) in [5.41, 5.74) is 0.600. The molecule has 0 aliphatic carbocycles. The van der Waals surface area contributed by atoms with E-state index in [0.717, 1.165) is 0 Å². The highest BCUT2D eigenvalue weighted by Gasteiger charge is 2.16. The Labute approximate surface area is 119 Å². The van der Waals surface area contributed by atoms with Crippen LogP contribution in [0.25, 0.3) is 0 Å². The minimum Gasteiger partial charge on any atom is -0.478 e. The highest BCUT2D eigenvalue weighted by Crippen LogP contribution is 2.31. The summed E-state index contributed by atoms with van der Waals surface area (Å²) in [6.45, 7) is 1.71. The van der Waals surface area contributed by atoms with E-state index in [-0.39, 0.29) is 17.2 Å². The van der Waals surface area contributed by atoms with Crippen molar-refractivity contribution in [1.82, 2.24) is 4.98 Å². The Balaban J connectivity index is 2.44. The lowest BCUT2D eigenvalue weighted by atomic mass is 10.1. The van der Waals surface area contributed by atoms with E-state index < -0.39 is 5.97 Å². The van der Waals surface area contributed by atoms with Gasteiger partial charge in [0.25, 0.3) is 0 Å². The predicted octanol–water partition coefficient (Wildman–Crippen LogP) is 4.19. The zero-order valence-electron chi connectivity index (χ0n) is 9.85. The molecule has 98 valence electrons. The molecule has 0 unspecified atom stereocenters. The minimum absolute atomic E-state index is 0.0123. The Hall–Kier alpha value is -1.78. The Bertz CT molecular complexity index is 627. The van der Waals surface area contributed by atoms with Gasteiger partial charge in [-0.25, -0.2) is 9.78 Å². The smallest absolute Gasteiger partial charge is 0.339 e. The van der Waals surface area contributed by atoms with Crippen molar-refractivity contribution < 1.29 is 14.6 Å². The monoisotopic (exact) mass is 297 g/mol. The highest BCUT2D eigenvalue weighted by atomic mass is 35.5. The van der Waals surface area contributed by atoms with Crippen molar-refractivity contribution in [2.24, 2.45) is 0 Å². The quantitative estimate of drug-likeness (QED) is 0.923. The van der Waals surface area contributed by atoms with Crippen molar-refractivity contribution in [1.29, 1.82) is 0 Å². The Morgan fingerprint density at radius 1 is 1.26 bits per heavy atom. The van der Waals surface area contributed by atoms with Crippen molar-refractivity contribution >= 4 is 29.2 Å². The largest absolute Gasteiger partial charge is 0.478 e. The van der Waals surface area contributed by atoms with Crippen molar-refractivity contribution in [2.45, 2.75) is 6.92 Å². The summed E-state index contributed by atoms with van der Waals surface area (Å²) in [4.78, 5) is 15.1. The van der Waals surface area contributed by atoms with Crippen molar-refractivity contribution in [3.63, 3.8) is 0 Å². The second kappa shape index (κ2) is 5.47. The summed E-state index contributed by atoms with van der Waals surface area (Å²) in [7, 11) is 0. The molecule has 2 aromatic rings. The van der Waals surface area contributed by atoms with Crippen LogP contribution in [0.4, 0.5) is 0 Å². The first-order valence-corrected chi connectivity index (χ1v) is 6.06. The number of rotatable bonds is 3. The van der Waals surface area contributed by atoms with Crippen LogP contribution in [0.2, 0.25) is 10.0 Å². The molecule has 0 saturated carbocycles. The molecule has 0 aliphatic heterocycles. The van der Waals surface area contributed by atoms with Gasteiger partial charge in [-0.05, 0) is 30.7 Å². The number of carboxylic acid groups (broad SMARTS) is 1. The summed E-state index contributed by atoms with van der Waals surface area (Å²) in [5.74, 6) is -0.640. The molecule has 1 N–H and O–H groups in total. The Morgan fingerprint density at radius 2 is 2.00 bits per heavy atom. The van der Waals surface area contributed by atoms with Gasteiger partial charge in [0.05, 0.1) is 5.02 Å². The summed E-state index contributed by atoms with van der Waals surface area (Å²) in [6.07, 6.45) is 1.42. The fourth-order valence-electron chi connectivity index (χ4n) is 1.55. The molecule has 0 amide bonds. The number of aromatic carboxylic acids is 1. The molecule has 0 bridgehead atoms. The van der Waals surface area contributed by atoms with Gasteiger partial charge >= 0.3 is 5.97 Å². The zero-order valence-corrected chi connectivity index (χ0v) is 11.4. The average molecular weight is 298 g/mol. The topological polar surface area (TPSA) is 59.4 Å². The maximum Gasteiger partial charge on any atom is 0.339 e. The van der Waals surface area contributed by atoms with Crippen LogP contribution in [0.1, 0.15) is 15.9 Å². The van der Waals surface area contributed by atoms with Crippen LogP contribution in [0.5, 0.6) is 11.6 Å². The highest BCUT2D eigenvalue weighted by molar-refractivity contribution is 6.31. The normalized spacial score (nSPS) is 10.3. The SMILES string of the molecule is Cc1cc(Cl)cc(C(=O)O)c1Oc1ccc(Cl)cn1. The van der Waals surface area contributed by atoms with Crippen LogP contribution < -0.4 is 4.74 Å². The molecule has 19 heavy (non-hydrogen) atoms. The number of aromatic nitrogens is 1. The number of halogens is 2. The first-order chi connectivity index (χ1) is 8.97. The number of pyridine rings is 1. The van der Waals surface area contributed by atoms with Gasteiger partial charge in [-0.15, -0.1) is 0 Å². The van der Waals surface area contributed by atoms with E-state index in [1.165, 1.54) is 12.3 Å². The molecule has 0 radical (unpaired) electrons. The first-order valence-electron chi connectivity index (χ1n) is 5.30. The molecule has 1 aromatic heterocycles. The van der Waals surface area contributed by atoms with E-state index >= 15 is 0 Å². The number of carbonyl (C=O) groups is 1. The van der Waals surface area contributed by atoms with Crippen LogP contribution in [0, 0.1) is 6.92 Å². The van der Waals surface area contributed by atoms with Crippen molar-refractivity contribution in [3.8, 4) is 11.6 Å². The van der Waals surface area contributed by atoms with Crippen LogP contribution >= 0.6 is 23.2 Å². The molecule has 6 heteroatoms. The molecular formula is C13H9Cl2NO3. The molecule has 0 aliphatic rings. The standard InChI is InChI=1S/C13H9Cl2NO3/c1-7-4-9(15)5-10(13(17)18)12(7)19-11-3-2-8(14)6-16-11/h2-6H,1H3,(H,17,18). The zero-order chi connectivity index (χ0) is 14.0. The van der Waals surface area contributed by atoms with Gasteiger partial charge in [0, 0.05) is 17.3 Å². The van der Waals surface area contributed by atoms with Crippen molar-refractivity contribution in [2.75, 3.05) is 0 Å². The fraction of sp³-hybridized carbons (Fsp3) is 0.0769. The number of carboxylic acids is 1. The molecule has 0 atom stereocenters. The van der Waals surface area contributed by atoms with Gasteiger partial charge in [0.2, 0.25) is 5.88 Å². The van der Waals surface area contributed by atoms with Crippen LogP contribution in [-0.2, 0) is 0 Å². The van der Waals surface area contributed by atoms with E-state index in [9.17, 15) is 4.79 Å². The van der Waals surface area contributed by atoms with E-state index in [0.29, 0.717) is 15.6 Å². The summed E-state index contributed by atoms with van der Waals surface area (Å²) in [5, 5.41) is 9.97. The third-order valence-electron chi connectivity index (χ3n) is 2.38. The number of ether oxygens (including phenoxy) is 1. The minimum atomic E-state index is -1.12. The number of hydrogen-bond donors (Lipinski definition) is 1. The number of nitrogens with zero attached hydrogens (tertiary/aromatic N) is 1. The predicted molar refractivity (Wildman–Crippen MR) is 72.5 cm³/mol. The van der Waals surface area contributed by atoms with Gasteiger partial charge in [0.1, 0.15) is 11.3 Å². The van der Waals surface area contributed by atoms with Crippen LogP contribution in [0.15, 0.2) is 30.5 Å². The molecule has 0 fully saturated rings. The average Bonchev–Trinajstić information content (AvgIpc) is 2.34. The molecule has 4 nitrogen and oxygen atoms in total. The molecule has 1 aromatic carbocycles. The molecule has 0 saturated heterocycles. The number of hydrogen-bond acceptors (Lipinski definition) is 3. The van der Waals surface area contributed by atoms with E-state index in [2.05, 4.69) is 4.98 Å². The summed E-state index contributed by atoms with van der Waals surface area (Å²) in [6, 6.07) is 6.12. The first kappa shape index (κ1) is 13.6. The Morgan fingerprint density at radius 3 is 2.58 bits per heavy atom. The second-order valence-corrected chi connectivity index (χ2v) is 4.69. The summed E-state index contributed by atoms with van der Waals surface area (Å²) >= 11 is 11.6. The van der Waals surface area contributed by atoms with Gasteiger partial charge in [0.15, 0.2) is 0 Å². The van der Waals surface area contributed by atoms with Crippen LogP contribution in [-0.4, -0.2) is 16.1 Å². The second-order valence-electron chi connectivity index (χ2n) is 3.82.